The van der Waals surface area contributed by atoms with Crippen molar-refractivity contribution in [3.8, 4) is 0 Å². The molecule has 0 unspecified atom stereocenters. The molecular weight excluding hydrogens is 221 g/mol. The predicted molar refractivity (Wildman–Crippen MR) is 57.2 cm³/mol. The lowest BCUT2D eigenvalue weighted by Gasteiger charge is -2.00. The van der Waals surface area contributed by atoms with Gasteiger partial charge in [0, 0.05) is 5.39 Å². The van der Waals surface area contributed by atoms with Gasteiger partial charge in [-0.1, -0.05) is 29.3 Å². The van der Waals surface area contributed by atoms with E-state index in [1.54, 1.807) is 24.3 Å². The van der Waals surface area contributed by atoms with Crippen molar-refractivity contribution >= 4 is 40.4 Å². The Morgan fingerprint density at radius 1 is 1.14 bits per heavy atom. The molecule has 2 nitrogen and oxygen atoms in total. The maximum absolute atomic E-state index is 10.5. The highest BCUT2D eigenvalue weighted by atomic mass is 35.5. The van der Waals surface area contributed by atoms with Crippen molar-refractivity contribution in [1.29, 1.82) is 0 Å². The van der Waals surface area contributed by atoms with Gasteiger partial charge in [0.15, 0.2) is 6.29 Å². The van der Waals surface area contributed by atoms with Crippen LogP contribution in [-0.2, 0) is 0 Å². The number of aldehydes is 1. The van der Waals surface area contributed by atoms with Gasteiger partial charge in [-0.25, -0.2) is 4.98 Å². The van der Waals surface area contributed by atoms with Crippen LogP contribution in [0.4, 0.5) is 0 Å². The van der Waals surface area contributed by atoms with Crippen molar-refractivity contribution in [2.45, 2.75) is 0 Å². The highest BCUT2D eigenvalue weighted by Gasteiger charge is 2.02. The van der Waals surface area contributed by atoms with E-state index in [0.717, 1.165) is 5.39 Å². The summed E-state index contributed by atoms with van der Waals surface area (Å²) in [4.78, 5) is 14.6. The highest BCUT2D eigenvalue weighted by Crippen LogP contribution is 2.26. The van der Waals surface area contributed by atoms with Crippen LogP contribution in [0.15, 0.2) is 24.3 Å². The SMILES string of the molecule is O=Cc1ccc2cc(Cl)c(Cl)cc2n1. The summed E-state index contributed by atoms with van der Waals surface area (Å²) in [6, 6.07) is 6.79. The fraction of sp³-hybridized carbons (Fsp3) is 0. The molecule has 0 aliphatic rings. The van der Waals surface area contributed by atoms with Gasteiger partial charge in [-0.3, -0.25) is 4.79 Å². The van der Waals surface area contributed by atoms with E-state index >= 15 is 0 Å². The van der Waals surface area contributed by atoms with Crippen LogP contribution >= 0.6 is 23.2 Å². The molecule has 0 saturated heterocycles. The average molecular weight is 226 g/mol. The first kappa shape index (κ1) is 9.44. The van der Waals surface area contributed by atoms with Gasteiger partial charge >= 0.3 is 0 Å². The third kappa shape index (κ3) is 1.59. The minimum absolute atomic E-state index is 0.385. The van der Waals surface area contributed by atoms with E-state index in [1.165, 1.54) is 0 Å². The molecule has 0 amide bonds. The largest absolute Gasteiger partial charge is 0.296 e. The number of benzene rings is 1. The number of fused-ring (bicyclic) bond motifs is 1. The Balaban J connectivity index is 2.76. The lowest BCUT2D eigenvalue weighted by atomic mass is 10.2. The molecule has 0 atom stereocenters. The van der Waals surface area contributed by atoms with Gasteiger partial charge in [0.25, 0.3) is 0 Å². The fourth-order valence-corrected chi connectivity index (χ4v) is 1.53. The molecule has 2 rings (SSSR count). The van der Waals surface area contributed by atoms with Crippen molar-refractivity contribution < 1.29 is 4.79 Å². The summed E-state index contributed by atoms with van der Waals surface area (Å²) in [7, 11) is 0. The summed E-state index contributed by atoms with van der Waals surface area (Å²) in [6.07, 6.45) is 0.696. The summed E-state index contributed by atoms with van der Waals surface area (Å²) in [5.74, 6) is 0. The number of carbonyl (C=O) groups excluding carboxylic acids is 1. The van der Waals surface area contributed by atoms with Crippen LogP contribution in [0.2, 0.25) is 10.0 Å². The van der Waals surface area contributed by atoms with E-state index < -0.39 is 0 Å². The number of rotatable bonds is 1. The molecule has 0 aliphatic heterocycles. The van der Waals surface area contributed by atoms with E-state index in [-0.39, 0.29) is 0 Å². The standard InChI is InChI=1S/C10H5Cl2NO/c11-8-3-6-1-2-7(5-14)13-10(6)4-9(8)12/h1-5H. The summed E-state index contributed by atoms with van der Waals surface area (Å²) in [6.45, 7) is 0. The molecule has 70 valence electrons. The van der Waals surface area contributed by atoms with Crippen molar-refractivity contribution in [2.24, 2.45) is 0 Å². The minimum Gasteiger partial charge on any atom is -0.296 e. The molecule has 14 heavy (non-hydrogen) atoms. The molecule has 1 heterocycles. The van der Waals surface area contributed by atoms with E-state index in [4.69, 9.17) is 23.2 Å². The van der Waals surface area contributed by atoms with Crippen LogP contribution in [0, 0.1) is 0 Å². The molecule has 0 N–H and O–H groups in total. The van der Waals surface area contributed by atoms with Crippen LogP contribution in [0.1, 0.15) is 10.5 Å². The summed E-state index contributed by atoms with van der Waals surface area (Å²) in [5, 5.41) is 1.79. The van der Waals surface area contributed by atoms with Gasteiger partial charge in [0.1, 0.15) is 5.69 Å². The van der Waals surface area contributed by atoms with Crippen molar-refractivity contribution in [2.75, 3.05) is 0 Å². The number of halogens is 2. The van der Waals surface area contributed by atoms with E-state index in [9.17, 15) is 4.79 Å². The number of nitrogens with zero attached hydrogens (tertiary/aromatic N) is 1. The van der Waals surface area contributed by atoms with Gasteiger partial charge in [0.05, 0.1) is 15.6 Å². The molecule has 0 bridgehead atoms. The second kappa shape index (κ2) is 3.56. The maximum Gasteiger partial charge on any atom is 0.168 e. The zero-order valence-corrected chi connectivity index (χ0v) is 8.51. The van der Waals surface area contributed by atoms with Crippen LogP contribution < -0.4 is 0 Å². The van der Waals surface area contributed by atoms with Gasteiger partial charge in [0.2, 0.25) is 0 Å². The van der Waals surface area contributed by atoms with Crippen molar-refractivity contribution in [3.63, 3.8) is 0 Å². The molecule has 1 aromatic heterocycles. The Bertz CT molecular complexity index is 511. The third-order valence-corrected chi connectivity index (χ3v) is 2.60. The lowest BCUT2D eigenvalue weighted by Crippen LogP contribution is -1.87. The molecule has 0 radical (unpaired) electrons. The fourth-order valence-electron chi connectivity index (χ4n) is 1.20. The second-order valence-electron chi connectivity index (χ2n) is 2.81. The Morgan fingerprint density at radius 2 is 1.86 bits per heavy atom. The Labute approximate surface area is 90.5 Å². The minimum atomic E-state index is 0.385. The number of hydrogen-bond acceptors (Lipinski definition) is 2. The number of aromatic nitrogens is 1. The van der Waals surface area contributed by atoms with Gasteiger partial charge in [-0.15, -0.1) is 0 Å². The summed E-state index contributed by atoms with van der Waals surface area (Å²) < 4.78 is 0. The van der Waals surface area contributed by atoms with Crippen LogP contribution in [-0.4, -0.2) is 11.3 Å². The number of carbonyl (C=O) groups is 1. The number of pyridine rings is 1. The van der Waals surface area contributed by atoms with Crippen LogP contribution in [0.3, 0.4) is 0 Å². The maximum atomic E-state index is 10.5. The zero-order valence-electron chi connectivity index (χ0n) is 7.00. The van der Waals surface area contributed by atoms with E-state index in [0.29, 0.717) is 27.5 Å². The molecular formula is C10H5Cl2NO. The van der Waals surface area contributed by atoms with Gasteiger partial charge < -0.3 is 0 Å². The monoisotopic (exact) mass is 225 g/mol. The summed E-state index contributed by atoms with van der Waals surface area (Å²) >= 11 is 11.7. The third-order valence-electron chi connectivity index (χ3n) is 1.87. The first-order valence-corrected chi connectivity index (χ1v) is 4.67. The Kier molecular flexibility index (Phi) is 2.40. The predicted octanol–water partition coefficient (Wildman–Crippen LogP) is 3.35. The van der Waals surface area contributed by atoms with Crippen LogP contribution in [0.25, 0.3) is 10.9 Å². The van der Waals surface area contributed by atoms with Crippen molar-refractivity contribution in [1.82, 2.24) is 4.98 Å². The van der Waals surface area contributed by atoms with E-state index in [2.05, 4.69) is 4.98 Å². The van der Waals surface area contributed by atoms with Gasteiger partial charge in [-0.2, -0.15) is 0 Å². The van der Waals surface area contributed by atoms with E-state index in [1.807, 2.05) is 0 Å². The quantitative estimate of drug-likeness (QED) is 0.698. The molecule has 0 spiro atoms. The Morgan fingerprint density at radius 3 is 2.57 bits per heavy atom. The molecule has 4 heteroatoms. The highest BCUT2D eigenvalue weighted by molar-refractivity contribution is 6.42. The summed E-state index contributed by atoms with van der Waals surface area (Å²) in [5.41, 5.74) is 1.06. The zero-order chi connectivity index (χ0) is 10.1. The molecule has 0 aliphatic carbocycles. The average Bonchev–Trinajstić information content (AvgIpc) is 2.19. The molecule has 1 aromatic carbocycles. The first-order valence-electron chi connectivity index (χ1n) is 3.91. The molecule has 0 fully saturated rings. The van der Waals surface area contributed by atoms with Crippen LogP contribution in [0.5, 0.6) is 0 Å². The second-order valence-corrected chi connectivity index (χ2v) is 3.63. The molecule has 2 aromatic rings. The molecule has 0 saturated carbocycles. The lowest BCUT2D eigenvalue weighted by molar-refractivity contribution is 0.111. The topological polar surface area (TPSA) is 30.0 Å². The Hall–Kier alpha value is -1.12. The number of hydrogen-bond donors (Lipinski definition) is 0. The first-order chi connectivity index (χ1) is 6.70. The van der Waals surface area contributed by atoms with Crippen molar-refractivity contribution in [3.05, 3.63) is 40.0 Å². The van der Waals surface area contributed by atoms with Gasteiger partial charge in [-0.05, 0) is 18.2 Å². The normalized spacial score (nSPS) is 10.4. The smallest absolute Gasteiger partial charge is 0.168 e.